The first kappa shape index (κ1) is 7.47. The monoisotopic (exact) mass is 161 g/mol. The summed E-state index contributed by atoms with van der Waals surface area (Å²) in [6.45, 7) is 3.70. The first-order valence-electron chi connectivity index (χ1n) is 4.25. The van der Waals surface area contributed by atoms with Crippen molar-refractivity contribution >= 4 is 11.5 Å². The number of aliphatic imine (C=N–C) groups is 1. The highest BCUT2D eigenvalue weighted by Crippen LogP contribution is 2.30. The minimum atomic E-state index is 0.264. The largest absolute Gasteiger partial charge is 0.294 e. The quantitative estimate of drug-likeness (QED) is 0.568. The van der Waals surface area contributed by atoms with E-state index in [0.29, 0.717) is 12.3 Å². The molecule has 0 bridgehead atoms. The van der Waals surface area contributed by atoms with Crippen LogP contribution >= 0.6 is 0 Å². The maximum atomic E-state index is 11.2. The van der Waals surface area contributed by atoms with Crippen molar-refractivity contribution in [1.29, 1.82) is 0 Å². The molecular formula is C10H11NO. The van der Waals surface area contributed by atoms with E-state index in [2.05, 4.69) is 11.6 Å². The first-order valence-corrected chi connectivity index (χ1v) is 4.25. The molecule has 0 radical (unpaired) electrons. The van der Waals surface area contributed by atoms with Crippen molar-refractivity contribution in [3.63, 3.8) is 0 Å². The Morgan fingerprint density at radius 2 is 2.58 bits per heavy atom. The van der Waals surface area contributed by atoms with E-state index in [1.807, 2.05) is 6.08 Å². The average Bonchev–Trinajstić information content (AvgIpc) is 1.96. The highest BCUT2D eigenvalue weighted by Gasteiger charge is 2.32. The second-order valence-electron chi connectivity index (χ2n) is 3.24. The Labute approximate surface area is 71.7 Å². The fourth-order valence-electron chi connectivity index (χ4n) is 1.75. The molecule has 0 spiro atoms. The molecule has 0 saturated heterocycles. The predicted octanol–water partition coefficient (Wildman–Crippen LogP) is 1.88. The van der Waals surface area contributed by atoms with E-state index in [1.165, 1.54) is 0 Å². The van der Waals surface area contributed by atoms with Crippen molar-refractivity contribution in [2.75, 3.05) is 0 Å². The lowest BCUT2D eigenvalue weighted by atomic mass is 9.79. The van der Waals surface area contributed by atoms with Crippen molar-refractivity contribution in [3.8, 4) is 0 Å². The fourth-order valence-corrected chi connectivity index (χ4v) is 1.75. The summed E-state index contributed by atoms with van der Waals surface area (Å²) in [5, 5.41) is 0. The van der Waals surface area contributed by atoms with Crippen LogP contribution in [0.4, 0.5) is 0 Å². The van der Waals surface area contributed by atoms with Gasteiger partial charge in [-0.3, -0.25) is 9.79 Å². The number of ketones is 1. The van der Waals surface area contributed by atoms with Gasteiger partial charge in [-0.2, -0.15) is 0 Å². The van der Waals surface area contributed by atoms with Crippen LogP contribution in [-0.2, 0) is 4.79 Å². The molecule has 2 rings (SSSR count). The molecule has 2 aliphatic rings. The lowest BCUT2D eigenvalue weighted by molar-refractivity contribution is -0.115. The number of fused-ring (bicyclic) bond motifs is 1. The van der Waals surface area contributed by atoms with Crippen LogP contribution in [0.1, 0.15) is 19.3 Å². The molecule has 2 nitrogen and oxygen atoms in total. The third kappa shape index (κ3) is 0.951. The number of nitrogens with zero attached hydrogens (tertiary/aromatic N) is 1. The zero-order valence-electron chi connectivity index (χ0n) is 6.92. The molecule has 1 atom stereocenters. The Balaban J connectivity index is 2.12. The van der Waals surface area contributed by atoms with Gasteiger partial charge in [0.2, 0.25) is 0 Å². The number of carbonyl (C=O) groups excluding carboxylic acids is 1. The molecule has 62 valence electrons. The van der Waals surface area contributed by atoms with Crippen LogP contribution in [0.5, 0.6) is 0 Å². The molecule has 12 heavy (non-hydrogen) atoms. The molecule has 0 N–H and O–H groups in total. The summed E-state index contributed by atoms with van der Waals surface area (Å²) in [6.07, 6.45) is 6.17. The number of carbonyl (C=O) groups is 1. The van der Waals surface area contributed by atoms with Crippen molar-refractivity contribution in [2.45, 2.75) is 19.3 Å². The molecule has 1 saturated carbocycles. The SMILES string of the molecule is C=CCC1CCC(=O)C2=CN=C21. The molecular weight excluding hydrogens is 150 g/mol. The van der Waals surface area contributed by atoms with Crippen LogP contribution in [0, 0.1) is 5.92 Å². The molecule has 1 fully saturated rings. The van der Waals surface area contributed by atoms with Gasteiger partial charge < -0.3 is 0 Å². The summed E-state index contributed by atoms with van der Waals surface area (Å²) in [4.78, 5) is 15.4. The fraction of sp³-hybridized carbons (Fsp3) is 0.400. The molecule has 2 heteroatoms. The van der Waals surface area contributed by atoms with Crippen molar-refractivity contribution < 1.29 is 4.79 Å². The van der Waals surface area contributed by atoms with Crippen LogP contribution in [0.15, 0.2) is 29.4 Å². The van der Waals surface area contributed by atoms with E-state index < -0.39 is 0 Å². The minimum absolute atomic E-state index is 0.264. The smallest absolute Gasteiger partial charge is 0.166 e. The van der Waals surface area contributed by atoms with Crippen LogP contribution < -0.4 is 0 Å². The summed E-state index contributed by atoms with van der Waals surface area (Å²) < 4.78 is 0. The van der Waals surface area contributed by atoms with Crippen LogP contribution in [0.2, 0.25) is 0 Å². The van der Waals surface area contributed by atoms with Gasteiger partial charge in [0.1, 0.15) is 0 Å². The Kier molecular flexibility index (Phi) is 1.68. The molecule has 0 aromatic heterocycles. The number of rotatable bonds is 2. The number of allylic oxidation sites excluding steroid dienone is 2. The zero-order valence-corrected chi connectivity index (χ0v) is 6.92. The highest BCUT2D eigenvalue weighted by atomic mass is 16.1. The molecule has 1 aliphatic carbocycles. The minimum Gasteiger partial charge on any atom is -0.294 e. The predicted molar refractivity (Wildman–Crippen MR) is 48.1 cm³/mol. The summed E-state index contributed by atoms with van der Waals surface area (Å²) in [5.41, 5.74) is 1.89. The van der Waals surface area contributed by atoms with Gasteiger partial charge in [-0.25, -0.2) is 0 Å². The van der Waals surface area contributed by atoms with Gasteiger partial charge in [0, 0.05) is 18.5 Å². The van der Waals surface area contributed by atoms with Gasteiger partial charge in [-0.15, -0.1) is 6.58 Å². The third-order valence-electron chi connectivity index (χ3n) is 2.47. The standard InChI is InChI=1S/C10H11NO/c1-2-3-7-4-5-9(12)8-6-11-10(7)8/h2,6-7H,1,3-5H2. The molecule has 1 heterocycles. The highest BCUT2D eigenvalue weighted by molar-refractivity contribution is 6.27. The second kappa shape index (κ2) is 2.70. The van der Waals surface area contributed by atoms with Gasteiger partial charge >= 0.3 is 0 Å². The zero-order chi connectivity index (χ0) is 8.55. The van der Waals surface area contributed by atoms with Crippen LogP contribution in [0.25, 0.3) is 0 Å². The molecule has 0 aromatic rings. The lowest BCUT2D eigenvalue weighted by Crippen LogP contribution is -2.31. The molecule has 0 amide bonds. The van der Waals surface area contributed by atoms with Gasteiger partial charge in [0.25, 0.3) is 0 Å². The van der Waals surface area contributed by atoms with Crippen LogP contribution in [-0.4, -0.2) is 11.5 Å². The van der Waals surface area contributed by atoms with Crippen molar-refractivity contribution in [1.82, 2.24) is 0 Å². The maximum Gasteiger partial charge on any atom is 0.166 e. The van der Waals surface area contributed by atoms with E-state index >= 15 is 0 Å². The maximum absolute atomic E-state index is 11.2. The normalized spacial score (nSPS) is 26.7. The van der Waals surface area contributed by atoms with Gasteiger partial charge in [-0.05, 0) is 12.8 Å². The molecule has 1 aliphatic heterocycles. The van der Waals surface area contributed by atoms with E-state index in [0.717, 1.165) is 24.1 Å². The summed E-state index contributed by atoms with van der Waals surface area (Å²) in [7, 11) is 0. The summed E-state index contributed by atoms with van der Waals surface area (Å²) in [5.74, 6) is 0.723. The van der Waals surface area contributed by atoms with Crippen LogP contribution in [0.3, 0.4) is 0 Å². The van der Waals surface area contributed by atoms with Crippen molar-refractivity contribution in [2.24, 2.45) is 10.9 Å². The van der Waals surface area contributed by atoms with E-state index in [4.69, 9.17) is 0 Å². The second-order valence-corrected chi connectivity index (χ2v) is 3.24. The van der Waals surface area contributed by atoms with Gasteiger partial charge in [0.05, 0.1) is 11.3 Å². The molecule has 0 aromatic carbocycles. The summed E-state index contributed by atoms with van der Waals surface area (Å²) >= 11 is 0. The topological polar surface area (TPSA) is 29.4 Å². The van der Waals surface area contributed by atoms with E-state index in [-0.39, 0.29) is 5.78 Å². The van der Waals surface area contributed by atoms with E-state index in [1.54, 1.807) is 6.20 Å². The Bertz CT molecular complexity index is 299. The van der Waals surface area contributed by atoms with Gasteiger partial charge in [-0.1, -0.05) is 6.08 Å². The Morgan fingerprint density at radius 1 is 1.75 bits per heavy atom. The Morgan fingerprint density at radius 3 is 3.17 bits per heavy atom. The van der Waals surface area contributed by atoms with E-state index in [9.17, 15) is 4.79 Å². The molecule has 1 unspecified atom stereocenters. The lowest BCUT2D eigenvalue weighted by Gasteiger charge is -2.28. The van der Waals surface area contributed by atoms with Crippen molar-refractivity contribution in [3.05, 3.63) is 24.4 Å². The van der Waals surface area contributed by atoms with Gasteiger partial charge in [0.15, 0.2) is 5.78 Å². The number of hydrogen-bond acceptors (Lipinski definition) is 2. The third-order valence-corrected chi connectivity index (χ3v) is 2.47. The number of Topliss-reactive ketones (excluding diaryl/α,β-unsaturated/α-hetero) is 1. The Hall–Kier alpha value is -1.18. The summed E-state index contributed by atoms with van der Waals surface area (Å²) in [6, 6.07) is 0. The number of hydrogen-bond donors (Lipinski definition) is 0. The average molecular weight is 161 g/mol. The first-order chi connectivity index (χ1) is 5.83.